The summed E-state index contributed by atoms with van der Waals surface area (Å²) >= 11 is 0. The van der Waals surface area contributed by atoms with Crippen molar-refractivity contribution in [1.82, 2.24) is 10.6 Å². The van der Waals surface area contributed by atoms with Crippen molar-refractivity contribution >= 4 is 12.0 Å². The smallest absolute Gasteiger partial charge is 0.315 e. The number of carbonyl (C=O) groups excluding carboxylic acids is 2. The number of halogens is 1. The predicted molar refractivity (Wildman–Crippen MR) is 61.1 cm³/mol. The first-order chi connectivity index (χ1) is 8.50. The Kier molecular flexibility index (Phi) is 5.10. The molecule has 0 heterocycles. The Labute approximate surface area is 104 Å². The van der Waals surface area contributed by atoms with Crippen LogP contribution in [0.5, 0.6) is 0 Å². The highest BCUT2D eigenvalue weighted by Crippen LogP contribution is 2.05. The fourth-order valence-corrected chi connectivity index (χ4v) is 1.32. The van der Waals surface area contributed by atoms with E-state index in [2.05, 4.69) is 10.6 Å². The molecule has 2 N–H and O–H groups in total. The zero-order valence-electron chi connectivity index (χ0n) is 9.90. The van der Waals surface area contributed by atoms with Gasteiger partial charge in [0.05, 0.1) is 12.0 Å². The molecule has 0 saturated heterocycles. The first-order valence-electron chi connectivity index (χ1n) is 5.49. The average Bonchev–Trinajstić information content (AvgIpc) is 2.31. The monoisotopic (exact) mass is 253 g/mol. The lowest BCUT2D eigenvalue weighted by molar-refractivity contribution is -0.307. The van der Waals surface area contributed by atoms with Crippen LogP contribution in [0.4, 0.5) is 9.18 Å². The molecule has 98 valence electrons. The summed E-state index contributed by atoms with van der Waals surface area (Å²) in [4.78, 5) is 21.6. The van der Waals surface area contributed by atoms with Crippen molar-refractivity contribution in [2.75, 3.05) is 6.54 Å². The molecule has 1 aromatic rings. The van der Waals surface area contributed by atoms with E-state index < -0.39 is 18.0 Å². The highest BCUT2D eigenvalue weighted by atomic mass is 19.1. The molecule has 0 aliphatic rings. The summed E-state index contributed by atoms with van der Waals surface area (Å²) in [5.41, 5.74) is 0.491. The summed E-state index contributed by atoms with van der Waals surface area (Å²) in [6, 6.07) is 4.56. The van der Waals surface area contributed by atoms with Crippen molar-refractivity contribution in [3.8, 4) is 0 Å². The van der Waals surface area contributed by atoms with Crippen LogP contribution in [0.15, 0.2) is 24.3 Å². The van der Waals surface area contributed by atoms with Gasteiger partial charge in [-0.2, -0.15) is 0 Å². The third-order valence-corrected chi connectivity index (χ3v) is 2.34. The maximum absolute atomic E-state index is 13.2. The van der Waals surface area contributed by atoms with Crippen LogP contribution < -0.4 is 15.7 Å². The first-order valence-corrected chi connectivity index (χ1v) is 5.49. The van der Waals surface area contributed by atoms with Gasteiger partial charge in [0.15, 0.2) is 0 Å². The molecule has 0 saturated carbocycles. The van der Waals surface area contributed by atoms with E-state index in [-0.39, 0.29) is 12.4 Å². The van der Waals surface area contributed by atoms with Crippen molar-refractivity contribution in [2.24, 2.45) is 0 Å². The fraction of sp³-hybridized carbons (Fsp3) is 0.333. The minimum atomic E-state index is -1.36. The lowest BCUT2D eigenvalue weighted by Crippen LogP contribution is -2.49. The zero-order valence-corrected chi connectivity index (χ0v) is 9.90. The van der Waals surface area contributed by atoms with E-state index in [1.165, 1.54) is 13.0 Å². The standard InChI is InChI=1S/C12H15FN2O3/c1-8(11(16)17)15-12(18)14-7-6-9-4-2-3-5-10(9)13/h2-5,8H,6-7H2,1H3,(H,16,17)(H2,14,15,18)/p-1/t8-/m0/s1. The molecule has 1 atom stereocenters. The maximum Gasteiger partial charge on any atom is 0.315 e. The Bertz CT molecular complexity index is 437. The molecule has 18 heavy (non-hydrogen) atoms. The van der Waals surface area contributed by atoms with Gasteiger partial charge < -0.3 is 20.5 Å². The summed E-state index contributed by atoms with van der Waals surface area (Å²) in [7, 11) is 0. The molecule has 1 aromatic carbocycles. The van der Waals surface area contributed by atoms with Crippen LogP contribution in [0.25, 0.3) is 0 Å². The number of amides is 2. The van der Waals surface area contributed by atoms with Gasteiger partial charge in [-0.15, -0.1) is 0 Å². The van der Waals surface area contributed by atoms with E-state index >= 15 is 0 Å². The van der Waals surface area contributed by atoms with Crippen LogP contribution in [0.3, 0.4) is 0 Å². The summed E-state index contributed by atoms with van der Waals surface area (Å²) in [6.45, 7) is 1.51. The molecule has 0 bridgehead atoms. The molecule has 5 nitrogen and oxygen atoms in total. The molecule has 2 amide bonds. The van der Waals surface area contributed by atoms with Crippen molar-refractivity contribution in [3.05, 3.63) is 35.6 Å². The van der Waals surface area contributed by atoms with Gasteiger partial charge in [-0.05, 0) is 25.0 Å². The van der Waals surface area contributed by atoms with E-state index in [1.807, 2.05) is 0 Å². The molecule has 0 spiro atoms. The third kappa shape index (κ3) is 4.40. The summed E-state index contributed by atoms with van der Waals surface area (Å²) in [5.74, 6) is -1.69. The van der Waals surface area contributed by atoms with E-state index in [1.54, 1.807) is 18.2 Å². The molecule has 0 radical (unpaired) electrons. The first kappa shape index (κ1) is 14.0. The maximum atomic E-state index is 13.2. The van der Waals surface area contributed by atoms with Gasteiger partial charge in [-0.25, -0.2) is 9.18 Å². The van der Waals surface area contributed by atoms with Crippen LogP contribution in [0.2, 0.25) is 0 Å². The Balaban J connectivity index is 2.32. The van der Waals surface area contributed by atoms with Crippen molar-refractivity contribution in [1.29, 1.82) is 0 Å². The highest BCUT2D eigenvalue weighted by Gasteiger charge is 2.07. The van der Waals surface area contributed by atoms with Gasteiger partial charge in [0, 0.05) is 6.54 Å². The second-order valence-corrected chi connectivity index (χ2v) is 3.78. The van der Waals surface area contributed by atoms with E-state index in [0.29, 0.717) is 12.0 Å². The lowest BCUT2D eigenvalue weighted by atomic mass is 10.1. The Morgan fingerprint density at radius 2 is 2.06 bits per heavy atom. The molecule has 0 aromatic heterocycles. The number of carboxylic acids is 1. The highest BCUT2D eigenvalue weighted by molar-refractivity contribution is 5.81. The zero-order chi connectivity index (χ0) is 13.5. The SMILES string of the molecule is C[C@H](NC(=O)NCCc1ccccc1F)C(=O)[O-]. The second-order valence-electron chi connectivity index (χ2n) is 3.78. The number of benzene rings is 1. The molecule has 6 heteroatoms. The number of hydrogen-bond acceptors (Lipinski definition) is 3. The van der Waals surface area contributed by atoms with Crippen LogP contribution in [0, 0.1) is 5.82 Å². The summed E-state index contributed by atoms with van der Waals surface area (Å²) in [5, 5.41) is 15.0. The predicted octanol–water partition coefficient (Wildman–Crippen LogP) is -0.194. The van der Waals surface area contributed by atoms with Gasteiger partial charge in [0.25, 0.3) is 0 Å². The number of aliphatic carboxylic acids is 1. The Morgan fingerprint density at radius 3 is 2.67 bits per heavy atom. The van der Waals surface area contributed by atoms with E-state index in [0.717, 1.165) is 0 Å². The topological polar surface area (TPSA) is 81.3 Å². The lowest BCUT2D eigenvalue weighted by Gasteiger charge is -2.15. The Hall–Kier alpha value is -2.11. The van der Waals surface area contributed by atoms with Crippen molar-refractivity contribution in [3.63, 3.8) is 0 Å². The van der Waals surface area contributed by atoms with Crippen molar-refractivity contribution in [2.45, 2.75) is 19.4 Å². The summed E-state index contributed by atoms with van der Waals surface area (Å²) < 4.78 is 13.2. The largest absolute Gasteiger partial charge is 0.548 e. The third-order valence-electron chi connectivity index (χ3n) is 2.34. The van der Waals surface area contributed by atoms with Gasteiger partial charge >= 0.3 is 6.03 Å². The number of urea groups is 1. The van der Waals surface area contributed by atoms with Gasteiger partial charge in [-0.3, -0.25) is 0 Å². The molecular weight excluding hydrogens is 239 g/mol. The molecule has 0 fully saturated rings. The normalized spacial score (nSPS) is 11.7. The van der Waals surface area contributed by atoms with Gasteiger partial charge in [0.2, 0.25) is 0 Å². The average molecular weight is 253 g/mol. The quantitative estimate of drug-likeness (QED) is 0.763. The van der Waals surface area contributed by atoms with Crippen LogP contribution >= 0.6 is 0 Å². The minimum absolute atomic E-state index is 0.215. The second kappa shape index (κ2) is 6.58. The van der Waals surface area contributed by atoms with Crippen molar-refractivity contribution < 1.29 is 19.1 Å². The Morgan fingerprint density at radius 1 is 1.39 bits per heavy atom. The van der Waals surface area contributed by atoms with Crippen LogP contribution in [0.1, 0.15) is 12.5 Å². The molecule has 0 aliphatic heterocycles. The van der Waals surface area contributed by atoms with E-state index in [4.69, 9.17) is 0 Å². The number of carboxylic acid groups (broad SMARTS) is 1. The van der Waals surface area contributed by atoms with Gasteiger partial charge in [0.1, 0.15) is 5.82 Å². The molecule has 1 rings (SSSR count). The number of hydrogen-bond donors (Lipinski definition) is 2. The number of carbonyl (C=O) groups is 2. The summed E-state index contributed by atoms with van der Waals surface area (Å²) in [6.07, 6.45) is 0.333. The van der Waals surface area contributed by atoms with Crippen LogP contribution in [-0.4, -0.2) is 24.6 Å². The molecule has 0 aliphatic carbocycles. The fourth-order valence-electron chi connectivity index (χ4n) is 1.32. The number of rotatable bonds is 5. The minimum Gasteiger partial charge on any atom is -0.548 e. The molecular formula is C12H14FN2O3-. The van der Waals surface area contributed by atoms with Crippen LogP contribution in [-0.2, 0) is 11.2 Å². The molecule has 0 unspecified atom stereocenters. The van der Waals surface area contributed by atoms with Gasteiger partial charge in [-0.1, -0.05) is 18.2 Å². The van der Waals surface area contributed by atoms with E-state index in [9.17, 15) is 19.1 Å². The number of nitrogens with one attached hydrogen (secondary N) is 2.